The predicted molar refractivity (Wildman–Crippen MR) is 83.4 cm³/mol. The van der Waals surface area contributed by atoms with Crippen molar-refractivity contribution in [1.82, 2.24) is 9.97 Å². The van der Waals surface area contributed by atoms with Crippen molar-refractivity contribution in [2.24, 2.45) is 0 Å². The fourth-order valence-electron chi connectivity index (χ4n) is 2.28. The number of carbonyl (C=O) groups is 2. The van der Waals surface area contributed by atoms with E-state index < -0.39 is 6.03 Å². The summed E-state index contributed by atoms with van der Waals surface area (Å²) in [6.45, 7) is 0. The van der Waals surface area contributed by atoms with E-state index in [2.05, 4.69) is 20.6 Å². The Labute approximate surface area is 131 Å². The van der Waals surface area contributed by atoms with Crippen molar-refractivity contribution in [3.05, 3.63) is 46.7 Å². The summed E-state index contributed by atoms with van der Waals surface area (Å²) in [5.41, 5.74) is 1.80. The molecule has 0 bridgehead atoms. The van der Waals surface area contributed by atoms with Crippen LogP contribution >= 0.6 is 11.6 Å². The molecule has 7 heteroatoms. The fraction of sp³-hybridized carbons (Fsp3) is 0.200. The number of amides is 2. The van der Waals surface area contributed by atoms with E-state index in [0.29, 0.717) is 34.8 Å². The van der Waals surface area contributed by atoms with Gasteiger partial charge in [0.2, 0.25) is 5.95 Å². The van der Waals surface area contributed by atoms with Gasteiger partial charge < -0.3 is 5.32 Å². The lowest BCUT2D eigenvalue weighted by atomic mass is 9.96. The quantitative estimate of drug-likeness (QED) is 0.890. The average molecular weight is 317 g/mol. The van der Waals surface area contributed by atoms with E-state index in [1.807, 2.05) is 0 Å². The van der Waals surface area contributed by atoms with Gasteiger partial charge in [0.05, 0.1) is 11.3 Å². The molecule has 0 saturated carbocycles. The zero-order valence-electron chi connectivity index (χ0n) is 11.6. The molecule has 22 heavy (non-hydrogen) atoms. The number of nitrogens with zero attached hydrogens (tertiary/aromatic N) is 2. The van der Waals surface area contributed by atoms with Gasteiger partial charge in [-0.15, -0.1) is 0 Å². The molecule has 6 nitrogen and oxygen atoms in total. The van der Waals surface area contributed by atoms with Crippen molar-refractivity contribution >= 4 is 35.1 Å². The van der Waals surface area contributed by atoms with Crippen LogP contribution in [0.15, 0.2) is 30.5 Å². The van der Waals surface area contributed by atoms with Crippen LogP contribution in [0.4, 0.5) is 16.4 Å². The van der Waals surface area contributed by atoms with Crippen LogP contribution in [0.5, 0.6) is 0 Å². The maximum Gasteiger partial charge on any atom is 0.326 e. The van der Waals surface area contributed by atoms with Crippen molar-refractivity contribution in [3.63, 3.8) is 0 Å². The van der Waals surface area contributed by atoms with E-state index in [-0.39, 0.29) is 11.7 Å². The second-order valence-corrected chi connectivity index (χ2v) is 5.36. The van der Waals surface area contributed by atoms with Gasteiger partial charge in [0, 0.05) is 23.3 Å². The number of rotatable bonds is 2. The number of nitrogens with one attached hydrogen (secondary N) is 2. The second-order valence-electron chi connectivity index (χ2n) is 4.92. The Bertz CT molecular complexity index is 748. The topological polar surface area (TPSA) is 84.0 Å². The summed E-state index contributed by atoms with van der Waals surface area (Å²) < 4.78 is 0. The van der Waals surface area contributed by atoms with Crippen LogP contribution in [0.1, 0.15) is 28.9 Å². The van der Waals surface area contributed by atoms with Crippen LogP contribution < -0.4 is 10.6 Å². The van der Waals surface area contributed by atoms with Crippen molar-refractivity contribution in [2.45, 2.75) is 19.3 Å². The normalized spacial score (nSPS) is 13.4. The number of hydrogen-bond acceptors (Lipinski definition) is 4. The van der Waals surface area contributed by atoms with Crippen molar-refractivity contribution in [3.8, 4) is 0 Å². The minimum absolute atomic E-state index is 0.0520. The molecule has 0 atom stereocenters. The van der Waals surface area contributed by atoms with Crippen LogP contribution in [0.25, 0.3) is 0 Å². The number of urea groups is 1. The molecule has 1 aliphatic carbocycles. The third kappa shape index (κ3) is 3.23. The van der Waals surface area contributed by atoms with Gasteiger partial charge in [-0.05, 0) is 31.0 Å². The maximum atomic E-state index is 11.9. The molecule has 1 aliphatic rings. The SMILES string of the molecule is O=C(Nc1cccc(Cl)c1)Nc1ncc2c(n1)CCCC2=O. The Balaban J connectivity index is 1.70. The molecular formula is C15H13ClN4O2. The minimum atomic E-state index is -0.468. The van der Waals surface area contributed by atoms with Crippen LogP contribution in [0, 0.1) is 0 Å². The number of aryl methyl sites for hydroxylation is 1. The molecule has 0 aliphatic heterocycles. The number of fused-ring (bicyclic) bond motifs is 1. The molecule has 0 radical (unpaired) electrons. The van der Waals surface area contributed by atoms with Crippen LogP contribution in [-0.4, -0.2) is 21.8 Å². The molecule has 0 fully saturated rings. The van der Waals surface area contributed by atoms with E-state index >= 15 is 0 Å². The number of ketones is 1. The Morgan fingerprint density at radius 2 is 2.09 bits per heavy atom. The van der Waals surface area contributed by atoms with Gasteiger partial charge in [0.15, 0.2) is 5.78 Å². The maximum absolute atomic E-state index is 11.9. The molecule has 2 amide bonds. The van der Waals surface area contributed by atoms with Gasteiger partial charge >= 0.3 is 6.03 Å². The summed E-state index contributed by atoms with van der Waals surface area (Å²) >= 11 is 5.85. The zero-order chi connectivity index (χ0) is 15.5. The van der Waals surface area contributed by atoms with Gasteiger partial charge in [0.1, 0.15) is 0 Å². The number of aromatic nitrogens is 2. The van der Waals surface area contributed by atoms with E-state index in [0.717, 1.165) is 6.42 Å². The number of hydrogen-bond donors (Lipinski definition) is 2. The Morgan fingerprint density at radius 1 is 1.23 bits per heavy atom. The summed E-state index contributed by atoms with van der Waals surface area (Å²) in [6, 6.07) is 6.34. The molecule has 0 spiro atoms. The largest absolute Gasteiger partial charge is 0.326 e. The first-order chi connectivity index (χ1) is 10.6. The van der Waals surface area contributed by atoms with E-state index in [4.69, 9.17) is 11.6 Å². The average Bonchev–Trinajstić information content (AvgIpc) is 2.47. The second kappa shape index (κ2) is 6.11. The third-order valence-electron chi connectivity index (χ3n) is 3.29. The molecule has 1 heterocycles. The van der Waals surface area contributed by atoms with Crippen LogP contribution in [-0.2, 0) is 6.42 Å². The Hall–Kier alpha value is -2.47. The van der Waals surface area contributed by atoms with Gasteiger partial charge in [-0.2, -0.15) is 0 Å². The molecule has 0 saturated heterocycles. The standard InChI is InChI=1S/C15H13ClN4O2/c16-9-3-1-4-10(7-9)18-15(22)20-14-17-8-11-12(19-14)5-2-6-13(11)21/h1,3-4,7-8H,2,5-6H2,(H2,17,18,19,20,22). The van der Waals surface area contributed by atoms with Crippen molar-refractivity contribution in [2.75, 3.05) is 10.6 Å². The summed E-state index contributed by atoms with van der Waals surface area (Å²) in [5.74, 6) is 0.226. The van der Waals surface area contributed by atoms with Gasteiger partial charge in [-0.3, -0.25) is 10.1 Å². The summed E-state index contributed by atoms with van der Waals surface area (Å²) in [5, 5.41) is 5.72. The highest BCUT2D eigenvalue weighted by Gasteiger charge is 2.19. The van der Waals surface area contributed by atoms with E-state index in [9.17, 15) is 9.59 Å². The highest BCUT2D eigenvalue weighted by molar-refractivity contribution is 6.30. The predicted octanol–water partition coefficient (Wildman–Crippen LogP) is 3.29. The van der Waals surface area contributed by atoms with Gasteiger partial charge in [-0.1, -0.05) is 17.7 Å². The Kier molecular flexibility index (Phi) is 4.02. The first kappa shape index (κ1) is 14.5. The number of halogens is 1. The molecule has 112 valence electrons. The first-order valence-electron chi connectivity index (χ1n) is 6.84. The lowest BCUT2D eigenvalue weighted by molar-refractivity contribution is 0.0971. The van der Waals surface area contributed by atoms with Crippen LogP contribution in [0.3, 0.4) is 0 Å². The summed E-state index contributed by atoms with van der Waals surface area (Å²) in [7, 11) is 0. The lowest BCUT2D eigenvalue weighted by Crippen LogP contribution is -2.22. The van der Waals surface area contributed by atoms with Crippen molar-refractivity contribution in [1.29, 1.82) is 0 Å². The Morgan fingerprint density at radius 3 is 2.91 bits per heavy atom. The van der Waals surface area contributed by atoms with Crippen LogP contribution in [0.2, 0.25) is 5.02 Å². The molecule has 3 rings (SSSR count). The number of Topliss-reactive ketones (excluding diaryl/α,β-unsaturated/α-hetero) is 1. The van der Waals surface area contributed by atoms with Crippen molar-refractivity contribution < 1.29 is 9.59 Å². The highest BCUT2D eigenvalue weighted by atomic mass is 35.5. The molecule has 2 N–H and O–H groups in total. The third-order valence-corrected chi connectivity index (χ3v) is 3.53. The summed E-state index contributed by atoms with van der Waals surface area (Å²) in [6.07, 6.45) is 3.49. The smallest absolute Gasteiger partial charge is 0.308 e. The number of carbonyl (C=O) groups excluding carboxylic acids is 2. The highest BCUT2D eigenvalue weighted by Crippen LogP contribution is 2.20. The monoisotopic (exact) mass is 316 g/mol. The number of anilines is 2. The first-order valence-corrected chi connectivity index (χ1v) is 7.22. The van der Waals surface area contributed by atoms with Gasteiger partial charge in [-0.25, -0.2) is 14.8 Å². The molecule has 0 unspecified atom stereocenters. The summed E-state index contributed by atoms with van der Waals surface area (Å²) in [4.78, 5) is 31.9. The molecule has 2 aromatic rings. The fourth-order valence-corrected chi connectivity index (χ4v) is 2.47. The zero-order valence-corrected chi connectivity index (χ0v) is 12.4. The van der Waals surface area contributed by atoms with E-state index in [1.165, 1.54) is 6.20 Å². The van der Waals surface area contributed by atoms with Gasteiger partial charge in [0.25, 0.3) is 0 Å². The lowest BCUT2D eigenvalue weighted by Gasteiger charge is -2.14. The number of benzene rings is 1. The van der Waals surface area contributed by atoms with E-state index in [1.54, 1.807) is 24.3 Å². The minimum Gasteiger partial charge on any atom is -0.308 e. The molecule has 1 aromatic carbocycles. The molecule has 1 aromatic heterocycles. The molecular weight excluding hydrogens is 304 g/mol.